The summed E-state index contributed by atoms with van der Waals surface area (Å²) < 4.78 is 0. The van der Waals surface area contributed by atoms with Crippen molar-refractivity contribution in [2.45, 2.75) is 37.0 Å². The number of fused-ring (bicyclic) bond motifs is 4. The van der Waals surface area contributed by atoms with Gasteiger partial charge in [-0.3, -0.25) is 0 Å². The van der Waals surface area contributed by atoms with Gasteiger partial charge in [0.1, 0.15) is 0 Å². The van der Waals surface area contributed by atoms with Crippen molar-refractivity contribution in [1.29, 1.82) is 0 Å². The van der Waals surface area contributed by atoms with Crippen LogP contribution in [0.25, 0.3) is 10.4 Å². The Morgan fingerprint density at radius 3 is 3.06 bits per heavy atom. The molecule has 0 aliphatic heterocycles. The van der Waals surface area contributed by atoms with E-state index in [0.717, 1.165) is 12.1 Å². The first-order valence-electron chi connectivity index (χ1n) is 6.13. The minimum atomic E-state index is 0.0930. The largest absolute Gasteiger partial charge is 0.118 e. The quantitative estimate of drug-likeness (QED) is 0.284. The highest BCUT2D eigenvalue weighted by molar-refractivity contribution is 6.21. The second kappa shape index (κ2) is 4.25. The molecule has 2 aliphatic carbocycles. The van der Waals surface area contributed by atoms with E-state index in [1.807, 2.05) is 12.1 Å². The molecule has 4 heteroatoms. The molecule has 0 spiro atoms. The predicted octanol–water partition coefficient (Wildman–Crippen LogP) is 5.20. The van der Waals surface area contributed by atoms with E-state index in [-0.39, 0.29) is 5.38 Å². The van der Waals surface area contributed by atoms with Gasteiger partial charge >= 0.3 is 0 Å². The molecule has 3 nitrogen and oxygen atoms in total. The van der Waals surface area contributed by atoms with Crippen LogP contribution in [-0.2, 0) is 0 Å². The van der Waals surface area contributed by atoms with E-state index in [2.05, 4.69) is 16.1 Å². The highest BCUT2D eigenvalue weighted by atomic mass is 35.5. The van der Waals surface area contributed by atoms with Crippen LogP contribution in [0, 0.1) is 5.92 Å². The fraction of sp³-hybridized carbons (Fsp3) is 0.538. The molecule has 1 fully saturated rings. The third kappa shape index (κ3) is 1.70. The summed E-state index contributed by atoms with van der Waals surface area (Å²) in [4.78, 5) is 2.93. The SMILES string of the molecule is [N-]=[N+]=Nc1cccc2c1C1CCCC(C1)C2Cl. The molecule has 0 heterocycles. The Morgan fingerprint density at radius 2 is 2.24 bits per heavy atom. The van der Waals surface area contributed by atoms with Crippen molar-refractivity contribution >= 4 is 17.3 Å². The Kier molecular flexibility index (Phi) is 2.73. The summed E-state index contributed by atoms with van der Waals surface area (Å²) in [6, 6.07) is 5.93. The number of azide groups is 1. The zero-order valence-electron chi connectivity index (χ0n) is 9.51. The van der Waals surface area contributed by atoms with E-state index < -0.39 is 0 Å². The lowest BCUT2D eigenvalue weighted by atomic mass is 9.68. The van der Waals surface area contributed by atoms with Gasteiger partial charge < -0.3 is 0 Å². The molecule has 3 atom stereocenters. The standard InChI is InChI=1S/C13H14ClN3/c14-13-9-4-1-3-8(7-9)12-10(13)5-2-6-11(12)16-17-15/h2,5-6,8-9,13H,1,3-4,7H2. The van der Waals surface area contributed by atoms with Gasteiger partial charge in [-0.25, -0.2) is 0 Å². The lowest BCUT2D eigenvalue weighted by Crippen LogP contribution is -2.25. The summed E-state index contributed by atoms with van der Waals surface area (Å²) in [5.41, 5.74) is 11.8. The molecular weight excluding hydrogens is 234 g/mol. The molecule has 0 N–H and O–H groups in total. The van der Waals surface area contributed by atoms with E-state index >= 15 is 0 Å². The van der Waals surface area contributed by atoms with Crippen LogP contribution >= 0.6 is 11.6 Å². The zero-order valence-corrected chi connectivity index (χ0v) is 10.3. The van der Waals surface area contributed by atoms with Crippen molar-refractivity contribution in [1.82, 2.24) is 0 Å². The van der Waals surface area contributed by atoms with Gasteiger partial charge in [0.05, 0.1) is 5.38 Å². The number of hydrogen-bond donors (Lipinski definition) is 0. The second-order valence-electron chi connectivity index (χ2n) is 4.99. The van der Waals surface area contributed by atoms with Crippen LogP contribution in [0.2, 0.25) is 0 Å². The van der Waals surface area contributed by atoms with Gasteiger partial charge in [-0.2, -0.15) is 0 Å². The highest BCUT2D eigenvalue weighted by Gasteiger charge is 2.37. The lowest BCUT2D eigenvalue weighted by Gasteiger charge is -2.40. The molecule has 3 unspecified atom stereocenters. The maximum absolute atomic E-state index is 8.64. The summed E-state index contributed by atoms with van der Waals surface area (Å²) in [7, 11) is 0. The number of hydrogen-bond acceptors (Lipinski definition) is 1. The average molecular weight is 248 g/mol. The molecule has 3 rings (SSSR count). The molecule has 1 aromatic carbocycles. The summed E-state index contributed by atoms with van der Waals surface area (Å²) in [5, 5.41) is 3.92. The van der Waals surface area contributed by atoms with Crippen LogP contribution in [0.4, 0.5) is 5.69 Å². The molecule has 2 bridgehead atoms. The predicted molar refractivity (Wildman–Crippen MR) is 68.5 cm³/mol. The molecule has 0 amide bonds. The van der Waals surface area contributed by atoms with Gasteiger partial charge in [0.25, 0.3) is 0 Å². The minimum absolute atomic E-state index is 0.0930. The van der Waals surface area contributed by atoms with Crippen molar-refractivity contribution in [3.63, 3.8) is 0 Å². The third-order valence-corrected chi connectivity index (χ3v) is 4.69. The topological polar surface area (TPSA) is 48.8 Å². The molecule has 0 saturated heterocycles. The number of benzene rings is 1. The van der Waals surface area contributed by atoms with E-state index in [1.165, 1.54) is 30.4 Å². The van der Waals surface area contributed by atoms with E-state index in [0.29, 0.717) is 11.8 Å². The summed E-state index contributed by atoms with van der Waals surface area (Å²) in [6.45, 7) is 0. The van der Waals surface area contributed by atoms with Gasteiger partial charge in [-0.15, -0.1) is 11.6 Å². The Balaban J connectivity index is 2.18. The minimum Gasteiger partial charge on any atom is -0.118 e. The molecule has 0 aromatic heterocycles. The number of halogens is 1. The molecule has 88 valence electrons. The Bertz CT molecular complexity index is 493. The zero-order chi connectivity index (χ0) is 11.8. The van der Waals surface area contributed by atoms with Crippen LogP contribution in [0.15, 0.2) is 23.3 Å². The molecule has 0 radical (unpaired) electrons. The van der Waals surface area contributed by atoms with E-state index in [9.17, 15) is 0 Å². The van der Waals surface area contributed by atoms with Gasteiger partial charge in [-0.1, -0.05) is 29.7 Å². The first-order chi connectivity index (χ1) is 8.31. The smallest absolute Gasteiger partial charge is 0.0616 e. The Morgan fingerprint density at radius 1 is 1.35 bits per heavy atom. The number of nitrogens with zero attached hydrogens (tertiary/aromatic N) is 3. The van der Waals surface area contributed by atoms with Crippen LogP contribution in [0.5, 0.6) is 0 Å². The summed E-state index contributed by atoms with van der Waals surface area (Å²) >= 11 is 6.55. The van der Waals surface area contributed by atoms with Crippen LogP contribution in [-0.4, -0.2) is 0 Å². The van der Waals surface area contributed by atoms with Gasteiger partial charge in [0.15, 0.2) is 0 Å². The van der Waals surface area contributed by atoms with E-state index in [1.54, 1.807) is 0 Å². The van der Waals surface area contributed by atoms with Crippen LogP contribution in [0.3, 0.4) is 0 Å². The van der Waals surface area contributed by atoms with Crippen molar-refractivity contribution < 1.29 is 0 Å². The summed E-state index contributed by atoms with van der Waals surface area (Å²) in [5.74, 6) is 1.14. The van der Waals surface area contributed by atoms with Crippen molar-refractivity contribution in [3.05, 3.63) is 39.8 Å². The average Bonchev–Trinajstić information content (AvgIpc) is 2.37. The second-order valence-corrected chi connectivity index (χ2v) is 5.47. The van der Waals surface area contributed by atoms with Crippen LogP contribution in [0.1, 0.15) is 48.1 Å². The lowest BCUT2D eigenvalue weighted by molar-refractivity contribution is 0.292. The monoisotopic (exact) mass is 247 g/mol. The molecule has 1 saturated carbocycles. The van der Waals surface area contributed by atoms with Crippen LogP contribution < -0.4 is 0 Å². The van der Waals surface area contributed by atoms with Crippen molar-refractivity contribution in [2.24, 2.45) is 11.0 Å². The summed E-state index contributed by atoms with van der Waals surface area (Å²) in [6.07, 6.45) is 4.82. The fourth-order valence-corrected chi connectivity index (χ4v) is 3.82. The Labute approximate surface area is 105 Å². The Hall–Kier alpha value is -1.18. The highest BCUT2D eigenvalue weighted by Crippen LogP contribution is 2.53. The maximum atomic E-state index is 8.64. The molecule has 2 aliphatic rings. The van der Waals surface area contributed by atoms with Gasteiger partial charge in [0.2, 0.25) is 0 Å². The van der Waals surface area contributed by atoms with Crippen molar-refractivity contribution in [3.8, 4) is 0 Å². The first kappa shape index (κ1) is 10.9. The van der Waals surface area contributed by atoms with Crippen molar-refractivity contribution in [2.75, 3.05) is 0 Å². The van der Waals surface area contributed by atoms with Gasteiger partial charge in [-0.05, 0) is 47.8 Å². The third-order valence-electron chi connectivity index (χ3n) is 4.10. The van der Waals surface area contributed by atoms with E-state index in [4.69, 9.17) is 17.1 Å². The number of alkyl halides is 1. The first-order valence-corrected chi connectivity index (χ1v) is 6.57. The number of rotatable bonds is 1. The molecule has 1 aromatic rings. The maximum Gasteiger partial charge on any atom is 0.0616 e. The molecular formula is C13H14ClN3. The normalized spacial score (nSPS) is 30.3. The van der Waals surface area contributed by atoms with Gasteiger partial charge in [0, 0.05) is 10.6 Å². The molecule has 17 heavy (non-hydrogen) atoms. The fourth-order valence-electron chi connectivity index (χ4n) is 3.40.